The number of halogens is 1. The van der Waals surface area contributed by atoms with Crippen molar-refractivity contribution in [2.45, 2.75) is 12.5 Å². The zero-order valence-corrected chi connectivity index (χ0v) is 13.1. The van der Waals surface area contributed by atoms with Gasteiger partial charge in [0, 0.05) is 0 Å². The van der Waals surface area contributed by atoms with E-state index in [-0.39, 0.29) is 11.9 Å². The number of likely N-dealkylation sites (N-methyl/N-ethyl adjacent to an activating group) is 1. The monoisotopic (exact) mass is 311 g/mol. The largest absolute Gasteiger partial charge is 0.382 e. The van der Waals surface area contributed by atoms with Gasteiger partial charge in [0.25, 0.3) is 0 Å². The zero-order chi connectivity index (χ0) is 16.4. The number of nitrogen functional groups attached to an aromatic ring is 1. The fourth-order valence-corrected chi connectivity index (χ4v) is 2.60. The second kappa shape index (κ2) is 6.26. The number of hydrogen-bond acceptors (Lipinski definition) is 5. The highest BCUT2D eigenvalue weighted by Crippen LogP contribution is 2.24. The van der Waals surface area contributed by atoms with Crippen LogP contribution >= 0.6 is 0 Å². The van der Waals surface area contributed by atoms with Crippen molar-refractivity contribution in [2.75, 3.05) is 19.8 Å². The summed E-state index contributed by atoms with van der Waals surface area (Å²) < 4.78 is 13.4. The van der Waals surface area contributed by atoms with Gasteiger partial charge in [-0.25, -0.2) is 19.3 Å². The number of nitrogens with two attached hydrogens (primary N) is 1. The Morgan fingerprint density at radius 2 is 2.00 bits per heavy atom. The molecule has 6 heteroatoms. The molecule has 0 aliphatic rings. The average molecular weight is 311 g/mol. The fourth-order valence-electron chi connectivity index (χ4n) is 2.60. The Morgan fingerprint density at radius 3 is 2.74 bits per heavy atom. The van der Waals surface area contributed by atoms with Crippen molar-refractivity contribution in [3.63, 3.8) is 0 Å². The molecule has 1 atom stereocenters. The highest BCUT2D eigenvalue weighted by molar-refractivity contribution is 5.83. The van der Waals surface area contributed by atoms with E-state index in [1.165, 1.54) is 12.4 Å². The van der Waals surface area contributed by atoms with Crippen molar-refractivity contribution in [1.82, 2.24) is 19.9 Å². The lowest BCUT2D eigenvalue weighted by atomic mass is 10.0. The summed E-state index contributed by atoms with van der Waals surface area (Å²) in [7, 11) is 3.95. The molecule has 0 saturated heterocycles. The number of hydrogen-bond donors (Lipinski definition) is 1. The van der Waals surface area contributed by atoms with Crippen LogP contribution < -0.4 is 5.73 Å². The molecule has 2 heterocycles. The quantitative estimate of drug-likeness (QED) is 0.802. The third-order valence-electron chi connectivity index (χ3n) is 3.81. The summed E-state index contributed by atoms with van der Waals surface area (Å²) in [5, 5.41) is 0. The molecule has 1 aromatic carbocycles. The van der Waals surface area contributed by atoms with Gasteiger partial charge in [0.15, 0.2) is 5.82 Å². The van der Waals surface area contributed by atoms with Crippen LogP contribution in [0.2, 0.25) is 0 Å². The minimum absolute atomic E-state index is 0.000746. The second-order valence-electron chi connectivity index (χ2n) is 5.68. The molecule has 2 aromatic heterocycles. The number of benzene rings is 1. The number of rotatable bonds is 4. The molecule has 0 amide bonds. The molecule has 118 valence electrons. The number of aromatic nitrogens is 3. The molecule has 23 heavy (non-hydrogen) atoms. The van der Waals surface area contributed by atoms with E-state index in [0.717, 1.165) is 11.3 Å². The van der Waals surface area contributed by atoms with Gasteiger partial charge in [-0.15, -0.1) is 0 Å². The Balaban J connectivity index is 1.99. The molecule has 0 aliphatic carbocycles. The van der Waals surface area contributed by atoms with E-state index in [9.17, 15) is 4.39 Å². The normalized spacial score (nSPS) is 12.7. The Kier molecular flexibility index (Phi) is 4.16. The molecular weight excluding hydrogens is 293 g/mol. The van der Waals surface area contributed by atoms with Crippen LogP contribution in [0, 0.1) is 5.82 Å². The Hall–Kier alpha value is -2.60. The lowest BCUT2D eigenvalue weighted by molar-refractivity contribution is 0.292. The van der Waals surface area contributed by atoms with E-state index in [4.69, 9.17) is 5.73 Å². The maximum atomic E-state index is 13.4. The highest BCUT2D eigenvalue weighted by atomic mass is 19.1. The highest BCUT2D eigenvalue weighted by Gasteiger charge is 2.18. The number of pyridine rings is 1. The van der Waals surface area contributed by atoms with Crippen LogP contribution in [0.3, 0.4) is 0 Å². The summed E-state index contributed by atoms with van der Waals surface area (Å²) >= 11 is 0. The molecule has 0 spiro atoms. The van der Waals surface area contributed by atoms with Crippen molar-refractivity contribution in [2.24, 2.45) is 0 Å². The molecule has 3 rings (SSSR count). The average Bonchev–Trinajstić information content (AvgIpc) is 2.53. The van der Waals surface area contributed by atoms with Gasteiger partial charge in [0.05, 0.1) is 17.3 Å². The fraction of sp³-hybridized carbons (Fsp3) is 0.235. The first-order chi connectivity index (χ1) is 11.0. The van der Waals surface area contributed by atoms with Gasteiger partial charge in [-0.3, -0.25) is 0 Å². The van der Waals surface area contributed by atoms with E-state index in [0.29, 0.717) is 23.3 Å². The van der Waals surface area contributed by atoms with Gasteiger partial charge in [0.1, 0.15) is 17.7 Å². The third-order valence-corrected chi connectivity index (χ3v) is 3.81. The molecule has 0 fully saturated rings. The smallest absolute Gasteiger partial charge is 0.153 e. The molecule has 0 radical (unpaired) electrons. The molecule has 0 aliphatic heterocycles. The molecule has 1 unspecified atom stereocenters. The standard InChI is InChI=1S/C17H18FN5/c1-23(2)15(9-11-4-3-5-12(18)8-11)13-6-7-14-16(22-13)17(19)21-10-20-14/h3-8,10,15H,9H2,1-2H3,(H2,19,20,21). The van der Waals surface area contributed by atoms with E-state index in [1.54, 1.807) is 12.1 Å². The van der Waals surface area contributed by atoms with Crippen molar-refractivity contribution >= 4 is 16.9 Å². The van der Waals surface area contributed by atoms with Gasteiger partial charge in [-0.1, -0.05) is 12.1 Å². The van der Waals surface area contributed by atoms with Crippen molar-refractivity contribution < 1.29 is 4.39 Å². The van der Waals surface area contributed by atoms with Crippen molar-refractivity contribution in [1.29, 1.82) is 0 Å². The molecule has 5 nitrogen and oxygen atoms in total. The third kappa shape index (κ3) is 3.27. The predicted molar refractivity (Wildman–Crippen MR) is 88.3 cm³/mol. The zero-order valence-electron chi connectivity index (χ0n) is 13.1. The first-order valence-electron chi connectivity index (χ1n) is 7.32. The number of anilines is 1. The van der Waals surface area contributed by atoms with Crippen LogP contribution in [0.5, 0.6) is 0 Å². The van der Waals surface area contributed by atoms with Crippen LogP contribution in [0.25, 0.3) is 11.0 Å². The Labute approximate surface area is 134 Å². The van der Waals surface area contributed by atoms with Crippen LogP contribution in [-0.2, 0) is 6.42 Å². The van der Waals surface area contributed by atoms with Crippen LogP contribution in [0.15, 0.2) is 42.7 Å². The Bertz CT molecular complexity index is 834. The predicted octanol–water partition coefficient (Wildman–Crippen LogP) is 2.59. The molecule has 2 N–H and O–H groups in total. The molecule has 0 saturated carbocycles. The summed E-state index contributed by atoms with van der Waals surface area (Å²) in [5.74, 6) is 0.129. The van der Waals surface area contributed by atoms with E-state index in [1.807, 2.05) is 32.3 Å². The lowest BCUT2D eigenvalue weighted by Crippen LogP contribution is -2.23. The maximum absolute atomic E-state index is 13.4. The van der Waals surface area contributed by atoms with Gasteiger partial charge in [0.2, 0.25) is 0 Å². The van der Waals surface area contributed by atoms with E-state index in [2.05, 4.69) is 19.9 Å². The second-order valence-corrected chi connectivity index (χ2v) is 5.68. The topological polar surface area (TPSA) is 67.9 Å². The summed E-state index contributed by atoms with van der Waals surface area (Å²) in [5.41, 5.74) is 8.98. The van der Waals surface area contributed by atoms with E-state index < -0.39 is 0 Å². The van der Waals surface area contributed by atoms with Gasteiger partial charge in [-0.2, -0.15) is 0 Å². The Morgan fingerprint density at radius 1 is 1.17 bits per heavy atom. The van der Waals surface area contributed by atoms with Crippen LogP contribution in [0.4, 0.5) is 10.2 Å². The van der Waals surface area contributed by atoms with E-state index >= 15 is 0 Å². The van der Waals surface area contributed by atoms with Crippen LogP contribution in [-0.4, -0.2) is 33.9 Å². The molecule has 0 bridgehead atoms. The van der Waals surface area contributed by atoms with Crippen molar-refractivity contribution in [3.8, 4) is 0 Å². The summed E-state index contributed by atoms with van der Waals surface area (Å²) in [6.07, 6.45) is 2.08. The minimum atomic E-state index is -0.232. The summed E-state index contributed by atoms with van der Waals surface area (Å²) in [4.78, 5) is 14.8. The first kappa shape index (κ1) is 15.3. The van der Waals surface area contributed by atoms with Crippen LogP contribution in [0.1, 0.15) is 17.3 Å². The number of fused-ring (bicyclic) bond motifs is 1. The maximum Gasteiger partial charge on any atom is 0.153 e. The first-order valence-corrected chi connectivity index (χ1v) is 7.32. The van der Waals surface area contributed by atoms with Gasteiger partial charge in [-0.05, 0) is 50.3 Å². The summed E-state index contributed by atoms with van der Waals surface area (Å²) in [6.45, 7) is 0. The molecular formula is C17H18FN5. The van der Waals surface area contributed by atoms with Gasteiger partial charge >= 0.3 is 0 Å². The minimum Gasteiger partial charge on any atom is -0.382 e. The SMILES string of the molecule is CN(C)C(Cc1cccc(F)c1)c1ccc2ncnc(N)c2n1. The molecule has 3 aromatic rings. The van der Waals surface area contributed by atoms with Gasteiger partial charge < -0.3 is 10.6 Å². The van der Waals surface area contributed by atoms with Crippen molar-refractivity contribution in [3.05, 3.63) is 59.8 Å². The summed E-state index contributed by atoms with van der Waals surface area (Å²) in [6, 6.07) is 10.4. The number of nitrogens with zero attached hydrogens (tertiary/aromatic N) is 4. The lowest BCUT2D eigenvalue weighted by Gasteiger charge is -2.24.